The van der Waals surface area contributed by atoms with Crippen LogP contribution >= 0.6 is 11.6 Å². The molecule has 134 valence electrons. The molecule has 3 rings (SSSR count). The van der Waals surface area contributed by atoms with E-state index in [0.29, 0.717) is 23.7 Å². The molecule has 1 aromatic heterocycles. The molecule has 2 N–H and O–H groups in total. The monoisotopic (exact) mass is 372 g/mol. The van der Waals surface area contributed by atoms with E-state index in [1.165, 1.54) is 6.07 Å². The number of urea groups is 1. The zero-order valence-electron chi connectivity index (χ0n) is 14.2. The van der Waals surface area contributed by atoms with Crippen LogP contribution in [-0.2, 0) is 13.1 Å². The van der Waals surface area contributed by atoms with Gasteiger partial charge in [-0.3, -0.25) is 0 Å². The quantitative estimate of drug-likeness (QED) is 0.711. The van der Waals surface area contributed by atoms with Gasteiger partial charge in [0.1, 0.15) is 5.82 Å². The van der Waals surface area contributed by atoms with Crippen molar-refractivity contribution in [1.82, 2.24) is 20.4 Å². The van der Waals surface area contributed by atoms with Gasteiger partial charge in [-0.15, -0.1) is 0 Å². The van der Waals surface area contributed by atoms with Crippen molar-refractivity contribution in [2.75, 3.05) is 0 Å². The van der Waals surface area contributed by atoms with Gasteiger partial charge in [-0.05, 0) is 48.4 Å². The summed E-state index contributed by atoms with van der Waals surface area (Å²) < 4.78 is 15.0. The third kappa shape index (κ3) is 4.61. The lowest BCUT2D eigenvalue weighted by molar-refractivity contribution is 0.240. The average molecular weight is 373 g/mol. The van der Waals surface area contributed by atoms with E-state index in [-0.39, 0.29) is 11.8 Å². The standard InChI is InChI=1S/C19H18ClFN4O/c1-13-8-14(2-7-18(13)21)9-22-19(26)23-10-15-11-24-25(12-15)17-5-3-16(20)4-6-17/h2-8,11-12H,9-10H2,1H3,(H2,22,23,26). The van der Waals surface area contributed by atoms with Gasteiger partial charge in [-0.25, -0.2) is 13.9 Å². The maximum atomic E-state index is 13.2. The molecule has 0 unspecified atom stereocenters. The Morgan fingerprint density at radius 3 is 2.50 bits per heavy atom. The Bertz CT molecular complexity index is 908. The smallest absolute Gasteiger partial charge is 0.315 e. The van der Waals surface area contributed by atoms with E-state index < -0.39 is 0 Å². The second kappa shape index (κ2) is 8.01. The Labute approximate surface area is 155 Å². The molecule has 5 nitrogen and oxygen atoms in total. The van der Waals surface area contributed by atoms with E-state index in [1.807, 2.05) is 18.3 Å². The van der Waals surface area contributed by atoms with E-state index in [2.05, 4.69) is 15.7 Å². The van der Waals surface area contributed by atoms with Crippen molar-refractivity contribution >= 4 is 17.6 Å². The third-order valence-corrected chi connectivity index (χ3v) is 4.11. The minimum Gasteiger partial charge on any atom is -0.334 e. The van der Waals surface area contributed by atoms with Crippen LogP contribution in [0.3, 0.4) is 0 Å². The lowest BCUT2D eigenvalue weighted by Crippen LogP contribution is -2.34. The fraction of sp³-hybridized carbons (Fsp3) is 0.158. The molecule has 0 aliphatic heterocycles. The summed E-state index contributed by atoms with van der Waals surface area (Å²) in [7, 11) is 0. The number of benzene rings is 2. The molecule has 0 spiro atoms. The summed E-state index contributed by atoms with van der Waals surface area (Å²) in [6.07, 6.45) is 3.53. The first-order chi connectivity index (χ1) is 12.5. The van der Waals surface area contributed by atoms with Crippen molar-refractivity contribution in [1.29, 1.82) is 0 Å². The first kappa shape index (κ1) is 17.9. The molecule has 0 aliphatic carbocycles. The van der Waals surface area contributed by atoms with Crippen LogP contribution in [0.1, 0.15) is 16.7 Å². The predicted octanol–water partition coefficient (Wildman–Crippen LogP) is 3.97. The van der Waals surface area contributed by atoms with Gasteiger partial charge in [0.15, 0.2) is 0 Å². The molecule has 26 heavy (non-hydrogen) atoms. The zero-order chi connectivity index (χ0) is 18.5. The number of carbonyl (C=O) groups excluding carboxylic acids is 1. The number of aromatic nitrogens is 2. The van der Waals surface area contributed by atoms with Gasteiger partial charge < -0.3 is 10.6 Å². The molecule has 1 heterocycles. The highest BCUT2D eigenvalue weighted by Gasteiger charge is 2.05. The third-order valence-electron chi connectivity index (χ3n) is 3.86. The molecule has 3 aromatic rings. The van der Waals surface area contributed by atoms with Crippen molar-refractivity contribution in [3.05, 3.63) is 82.4 Å². The van der Waals surface area contributed by atoms with Crippen LogP contribution in [0.15, 0.2) is 54.9 Å². The molecule has 0 fully saturated rings. The molecular formula is C19H18ClFN4O. The fourth-order valence-electron chi connectivity index (χ4n) is 2.43. The molecule has 0 atom stereocenters. The normalized spacial score (nSPS) is 10.6. The lowest BCUT2D eigenvalue weighted by atomic mass is 10.1. The Morgan fingerprint density at radius 1 is 1.12 bits per heavy atom. The van der Waals surface area contributed by atoms with E-state index in [9.17, 15) is 9.18 Å². The Hall–Kier alpha value is -2.86. The van der Waals surface area contributed by atoms with Gasteiger partial charge in [0.05, 0.1) is 11.9 Å². The average Bonchev–Trinajstić information content (AvgIpc) is 3.10. The number of amides is 2. The highest BCUT2D eigenvalue weighted by molar-refractivity contribution is 6.30. The van der Waals surface area contributed by atoms with Crippen LogP contribution in [0.25, 0.3) is 5.69 Å². The summed E-state index contributed by atoms with van der Waals surface area (Å²) in [5.41, 5.74) is 3.15. The summed E-state index contributed by atoms with van der Waals surface area (Å²) in [4.78, 5) is 11.9. The summed E-state index contributed by atoms with van der Waals surface area (Å²) in [6.45, 7) is 2.37. The van der Waals surface area contributed by atoms with Gasteiger partial charge in [0.2, 0.25) is 0 Å². The minimum absolute atomic E-state index is 0.254. The summed E-state index contributed by atoms with van der Waals surface area (Å²) in [5, 5.41) is 10.5. The van der Waals surface area contributed by atoms with Crippen molar-refractivity contribution in [2.45, 2.75) is 20.0 Å². The maximum Gasteiger partial charge on any atom is 0.315 e. The summed E-state index contributed by atoms with van der Waals surface area (Å²) in [5.74, 6) is -0.254. The second-order valence-electron chi connectivity index (χ2n) is 5.89. The van der Waals surface area contributed by atoms with Crippen molar-refractivity contribution < 1.29 is 9.18 Å². The number of hydrogen-bond donors (Lipinski definition) is 2. The molecule has 0 saturated carbocycles. The van der Waals surface area contributed by atoms with Crippen LogP contribution in [0, 0.1) is 12.7 Å². The number of nitrogens with one attached hydrogen (secondary N) is 2. The highest BCUT2D eigenvalue weighted by Crippen LogP contribution is 2.13. The SMILES string of the molecule is Cc1cc(CNC(=O)NCc2cnn(-c3ccc(Cl)cc3)c2)ccc1F. The van der Waals surface area contributed by atoms with E-state index in [0.717, 1.165) is 16.8 Å². The molecule has 0 saturated heterocycles. The van der Waals surface area contributed by atoms with Gasteiger partial charge in [0.25, 0.3) is 0 Å². The van der Waals surface area contributed by atoms with E-state index in [1.54, 1.807) is 42.1 Å². The van der Waals surface area contributed by atoms with Crippen LogP contribution in [0.5, 0.6) is 0 Å². The number of carbonyl (C=O) groups is 1. The molecule has 2 aromatic carbocycles. The Balaban J connectivity index is 1.50. The van der Waals surface area contributed by atoms with Gasteiger partial charge >= 0.3 is 6.03 Å². The minimum atomic E-state index is -0.300. The van der Waals surface area contributed by atoms with Crippen molar-refractivity contribution in [2.24, 2.45) is 0 Å². The molecule has 0 radical (unpaired) electrons. The van der Waals surface area contributed by atoms with E-state index in [4.69, 9.17) is 11.6 Å². The first-order valence-electron chi connectivity index (χ1n) is 8.07. The van der Waals surface area contributed by atoms with E-state index >= 15 is 0 Å². The maximum absolute atomic E-state index is 13.2. The molecule has 0 bridgehead atoms. The van der Waals surface area contributed by atoms with Crippen LogP contribution < -0.4 is 10.6 Å². The number of hydrogen-bond acceptors (Lipinski definition) is 2. The Morgan fingerprint density at radius 2 is 1.81 bits per heavy atom. The number of nitrogens with zero attached hydrogens (tertiary/aromatic N) is 2. The predicted molar refractivity (Wildman–Crippen MR) is 98.8 cm³/mol. The van der Waals surface area contributed by atoms with Crippen LogP contribution in [0.4, 0.5) is 9.18 Å². The fourth-order valence-corrected chi connectivity index (χ4v) is 2.56. The molecule has 2 amide bonds. The lowest BCUT2D eigenvalue weighted by Gasteiger charge is -2.08. The van der Waals surface area contributed by atoms with Crippen molar-refractivity contribution in [3.8, 4) is 5.69 Å². The molecule has 7 heteroatoms. The van der Waals surface area contributed by atoms with Crippen LogP contribution in [0.2, 0.25) is 5.02 Å². The summed E-state index contributed by atoms with van der Waals surface area (Å²) in [6, 6.07) is 11.8. The molecular weight excluding hydrogens is 355 g/mol. The van der Waals surface area contributed by atoms with Crippen molar-refractivity contribution in [3.63, 3.8) is 0 Å². The highest BCUT2D eigenvalue weighted by atomic mass is 35.5. The number of aryl methyl sites for hydroxylation is 1. The van der Waals surface area contributed by atoms with Crippen LogP contribution in [-0.4, -0.2) is 15.8 Å². The zero-order valence-corrected chi connectivity index (χ0v) is 14.9. The molecule has 0 aliphatic rings. The first-order valence-corrected chi connectivity index (χ1v) is 8.45. The van der Waals surface area contributed by atoms with Gasteiger partial charge in [-0.2, -0.15) is 5.10 Å². The topological polar surface area (TPSA) is 59.0 Å². The Kier molecular flexibility index (Phi) is 5.53. The number of rotatable bonds is 5. The number of halogens is 2. The summed E-state index contributed by atoms with van der Waals surface area (Å²) >= 11 is 5.88. The van der Waals surface area contributed by atoms with Gasteiger partial charge in [-0.1, -0.05) is 23.7 Å². The second-order valence-corrected chi connectivity index (χ2v) is 6.33. The largest absolute Gasteiger partial charge is 0.334 e. The van der Waals surface area contributed by atoms with Gasteiger partial charge in [0, 0.05) is 29.9 Å².